The first-order chi connectivity index (χ1) is 11.0. The van der Waals surface area contributed by atoms with Crippen molar-refractivity contribution < 1.29 is 23.8 Å². The van der Waals surface area contributed by atoms with E-state index in [4.69, 9.17) is 14.2 Å². The Bertz CT molecular complexity index is 708. The maximum absolute atomic E-state index is 11.9. The quantitative estimate of drug-likeness (QED) is 0.822. The molecule has 122 valence electrons. The first kappa shape index (κ1) is 16.4. The second kappa shape index (κ2) is 7.35. The monoisotopic (exact) mass is 318 g/mol. The molecular weight excluding hydrogens is 300 g/mol. The van der Waals surface area contributed by atoms with Crippen LogP contribution in [-0.4, -0.2) is 37.3 Å². The molecule has 1 heterocycles. The Hall–Kier alpha value is -2.96. The van der Waals surface area contributed by atoms with Gasteiger partial charge in [-0.05, 0) is 24.3 Å². The molecule has 0 saturated carbocycles. The van der Waals surface area contributed by atoms with E-state index < -0.39 is 11.9 Å². The highest BCUT2D eigenvalue weighted by Gasteiger charge is 2.13. The van der Waals surface area contributed by atoms with Crippen molar-refractivity contribution >= 4 is 17.6 Å². The van der Waals surface area contributed by atoms with Crippen molar-refractivity contribution in [2.45, 2.75) is 0 Å². The summed E-state index contributed by atoms with van der Waals surface area (Å²) in [5, 5.41) is 2.62. The van der Waals surface area contributed by atoms with Crippen LogP contribution in [0.4, 0.5) is 5.69 Å². The zero-order valence-electron chi connectivity index (χ0n) is 13.2. The molecule has 7 nitrogen and oxygen atoms in total. The lowest BCUT2D eigenvalue weighted by atomic mass is 10.2. The number of ether oxygens (including phenoxy) is 3. The number of carbonyl (C=O) groups excluding carboxylic acids is 2. The maximum atomic E-state index is 11.9. The van der Waals surface area contributed by atoms with Crippen LogP contribution in [-0.2, 0) is 16.6 Å². The number of amides is 1. The van der Waals surface area contributed by atoms with Crippen molar-refractivity contribution in [1.29, 1.82) is 0 Å². The number of anilines is 1. The molecule has 1 aromatic carbocycles. The average Bonchev–Trinajstić information content (AvgIpc) is 2.98. The molecule has 0 spiro atoms. The second-order valence-corrected chi connectivity index (χ2v) is 4.70. The Morgan fingerprint density at radius 1 is 1.13 bits per heavy atom. The fourth-order valence-electron chi connectivity index (χ4n) is 1.99. The van der Waals surface area contributed by atoms with Gasteiger partial charge in [0, 0.05) is 25.0 Å². The van der Waals surface area contributed by atoms with Crippen molar-refractivity contribution in [2.24, 2.45) is 7.05 Å². The minimum absolute atomic E-state index is 0.377. The SMILES string of the molecule is COc1ccc(NC(=O)COC(=O)c2cccn2C)cc1OC. The molecule has 0 radical (unpaired) electrons. The van der Waals surface area contributed by atoms with E-state index in [-0.39, 0.29) is 6.61 Å². The minimum Gasteiger partial charge on any atom is -0.493 e. The van der Waals surface area contributed by atoms with Crippen molar-refractivity contribution in [3.63, 3.8) is 0 Å². The van der Waals surface area contributed by atoms with Crippen LogP contribution in [0, 0.1) is 0 Å². The highest BCUT2D eigenvalue weighted by molar-refractivity contribution is 5.95. The summed E-state index contributed by atoms with van der Waals surface area (Å²) < 4.78 is 16.9. The van der Waals surface area contributed by atoms with Gasteiger partial charge in [0.2, 0.25) is 0 Å². The number of methoxy groups -OCH3 is 2. The lowest BCUT2D eigenvalue weighted by Gasteiger charge is -2.11. The Labute approximate surface area is 133 Å². The molecule has 0 aliphatic rings. The van der Waals surface area contributed by atoms with E-state index in [1.165, 1.54) is 14.2 Å². The molecule has 0 unspecified atom stereocenters. The van der Waals surface area contributed by atoms with Gasteiger partial charge in [-0.1, -0.05) is 0 Å². The molecule has 0 aliphatic carbocycles. The van der Waals surface area contributed by atoms with Crippen LogP contribution >= 0.6 is 0 Å². The number of aryl methyl sites for hydroxylation is 1. The van der Waals surface area contributed by atoms with Gasteiger partial charge in [-0.15, -0.1) is 0 Å². The lowest BCUT2D eigenvalue weighted by molar-refractivity contribution is -0.119. The third kappa shape index (κ3) is 4.03. The van der Waals surface area contributed by atoms with Crippen molar-refractivity contribution in [1.82, 2.24) is 4.57 Å². The number of hydrogen-bond donors (Lipinski definition) is 1. The molecule has 7 heteroatoms. The van der Waals surface area contributed by atoms with E-state index >= 15 is 0 Å². The molecule has 1 N–H and O–H groups in total. The molecule has 1 aromatic heterocycles. The van der Waals surface area contributed by atoms with Gasteiger partial charge in [-0.2, -0.15) is 0 Å². The number of hydrogen-bond acceptors (Lipinski definition) is 5. The number of benzene rings is 1. The summed E-state index contributed by atoms with van der Waals surface area (Å²) in [6, 6.07) is 8.30. The summed E-state index contributed by atoms with van der Waals surface area (Å²) in [6.07, 6.45) is 1.72. The highest BCUT2D eigenvalue weighted by Crippen LogP contribution is 2.29. The summed E-state index contributed by atoms with van der Waals surface area (Å²) in [7, 11) is 4.75. The van der Waals surface area contributed by atoms with Gasteiger partial charge < -0.3 is 24.1 Å². The molecule has 0 saturated heterocycles. The van der Waals surface area contributed by atoms with Crippen molar-refractivity contribution in [3.8, 4) is 11.5 Å². The molecule has 1 amide bonds. The van der Waals surface area contributed by atoms with Gasteiger partial charge in [0.15, 0.2) is 18.1 Å². The summed E-state index contributed by atoms with van der Waals surface area (Å²) in [5.41, 5.74) is 0.895. The smallest absolute Gasteiger partial charge is 0.355 e. The summed E-state index contributed by atoms with van der Waals surface area (Å²) >= 11 is 0. The molecule has 0 atom stereocenters. The Kier molecular flexibility index (Phi) is 5.24. The van der Waals surface area contributed by atoms with Gasteiger partial charge in [0.1, 0.15) is 5.69 Å². The van der Waals surface area contributed by atoms with Gasteiger partial charge in [0.05, 0.1) is 14.2 Å². The van der Waals surface area contributed by atoms with E-state index in [1.807, 2.05) is 0 Å². The third-order valence-corrected chi connectivity index (χ3v) is 3.15. The number of esters is 1. The summed E-state index contributed by atoms with van der Waals surface area (Å²) in [4.78, 5) is 23.7. The van der Waals surface area contributed by atoms with Crippen LogP contribution in [0.3, 0.4) is 0 Å². The standard InChI is InChI=1S/C16H18N2O5/c1-18-8-4-5-12(18)16(20)23-10-15(19)17-11-6-7-13(21-2)14(9-11)22-3/h4-9H,10H2,1-3H3,(H,17,19). The van der Waals surface area contributed by atoms with Crippen LogP contribution in [0.25, 0.3) is 0 Å². The fraction of sp³-hybridized carbons (Fsp3) is 0.250. The highest BCUT2D eigenvalue weighted by atomic mass is 16.5. The number of nitrogens with zero attached hydrogens (tertiary/aromatic N) is 1. The number of rotatable bonds is 6. The third-order valence-electron chi connectivity index (χ3n) is 3.15. The van der Waals surface area contributed by atoms with Gasteiger partial charge >= 0.3 is 5.97 Å². The predicted octanol–water partition coefficient (Wildman–Crippen LogP) is 1.84. The molecule has 0 aliphatic heterocycles. The number of aromatic nitrogens is 1. The van der Waals surface area contributed by atoms with Gasteiger partial charge in [0.25, 0.3) is 5.91 Å². The van der Waals surface area contributed by atoms with E-state index in [2.05, 4.69) is 5.32 Å². The second-order valence-electron chi connectivity index (χ2n) is 4.70. The fourth-order valence-corrected chi connectivity index (χ4v) is 1.99. The Morgan fingerprint density at radius 3 is 2.48 bits per heavy atom. The lowest BCUT2D eigenvalue weighted by Crippen LogP contribution is -2.21. The van der Waals surface area contributed by atoms with Crippen molar-refractivity contribution in [2.75, 3.05) is 26.1 Å². The molecule has 0 fully saturated rings. The maximum Gasteiger partial charge on any atom is 0.355 e. The minimum atomic E-state index is -0.556. The number of nitrogens with one attached hydrogen (secondary N) is 1. The predicted molar refractivity (Wildman–Crippen MR) is 83.9 cm³/mol. The first-order valence-electron chi connectivity index (χ1n) is 6.85. The number of carbonyl (C=O) groups is 2. The van der Waals surface area contributed by atoms with E-state index in [1.54, 1.807) is 48.1 Å². The normalized spacial score (nSPS) is 10.0. The van der Waals surface area contributed by atoms with E-state index in [0.717, 1.165) is 0 Å². The molecule has 2 aromatic rings. The van der Waals surface area contributed by atoms with E-state index in [0.29, 0.717) is 22.9 Å². The largest absolute Gasteiger partial charge is 0.493 e. The average molecular weight is 318 g/mol. The van der Waals surface area contributed by atoms with E-state index in [9.17, 15) is 9.59 Å². The Morgan fingerprint density at radius 2 is 1.87 bits per heavy atom. The Balaban J connectivity index is 1.92. The van der Waals surface area contributed by atoms with Crippen LogP contribution in [0.15, 0.2) is 36.5 Å². The first-order valence-corrected chi connectivity index (χ1v) is 6.85. The topological polar surface area (TPSA) is 78.8 Å². The van der Waals surface area contributed by atoms with Gasteiger partial charge in [-0.25, -0.2) is 4.79 Å². The molecular formula is C16H18N2O5. The van der Waals surface area contributed by atoms with Gasteiger partial charge in [-0.3, -0.25) is 4.79 Å². The van der Waals surface area contributed by atoms with Crippen LogP contribution < -0.4 is 14.8 Å². The summed E-state index contributed by atoms with van der Waals surface area (Å²) in [6.45, 7) is -0.377. The van der Waals surface area contributed by atoms with Crippen molar-refractivity contribution in [3.05, 3.63) is 42.2 Å². The molecule has 23 heavy (non-hydrogen) atoms. The van der Waals surface area contributed by atoms with Crippen LogP contribution in [0.1, 0.15) is 10.5 Å². The zero-order chi connectivity index (χ0) is 16.8. The summed E-state index contributed by atoms with van der Waals surface area (Å²) in [5.74, 6) is 0.0477. The molecule has 0 bridgehead atoms. The van der Waals surface area contributed by atoms with Crippen LogP contribution in [0.5, 0.6) is 11.5 Å². The molecule has 2 rings (SSSR count). The zero-order valence-corrected chi connectivity index (χ0v) is 13.2. The van der Waals surface area contributed by atoms with Crippen LogP contribution in [0.2, 0.25) is 0 Å².